The molecule has 0 heterocycles. The van der Waals surface area contributed by atoms with Crippen molar-refractivity contribution < 1.29 is 13.9 Å². The number of nitrogens with zero attached hydrogens (tertiary/aromatic N) is 1. The molecule has 0 aliphatic heterocycles. The van der Waals surface area contributed by atoms with Crippen LogP contribution in [0.2, 0.25) is 0 Å². The Labute approximate surface area is 111 Å². The fraction of sp³-hybridized carbons (Fsp3) is 0.333. The highest BCUT2D eigenvalue weighted by molar-refractivity contribution is 5.68. The Bertz CT molecular complexity index is 590. The van der Waals surface area contributed by atoms with Crippen LogP contribution in [-0.2, 0) is 15.1 Å². The van der Waals surface area contributed by atoms with Crippen LogP contribution >= 0.6 is 0 Å². The van der Waals surface area contributed by atoms with E-state index in [1.165, 1.54) is 31.2 Å². The van der Waals surface area contributed by atoms with Crippen molar-refractivity contribution in [3.05, 3.63) is 35.6 Å². The first-order valence-corrected chi connectivity index (χ1v) is 5.84. The minimum absolute atomic E-state index is 0.417. The summed E-state index contributed by atoms with van der Waals surface area (Å²) in [5.74, 6) is 1.47. The van der Waals surface area contributed by atoms with E-state index in [-0.39, 0.29) is 0 Å². The van der Waals surface area contributed by atoms with Crippen LogP contribution in [0.3, 0.4) is 0 Å². The van der Waals surface area contributed by atoms with Crippen molar-refractivity contribution >= 4 is 5.97 Å². The zero-order valence-corrected chi connectivity index (χ0v) is 10.4. The molecule has 1 saturated carbocycles. The summed E-state index contributed by atoms with van der Waals surface area (Å²) in [4.78, 5) is 11.3. The van der Waals surface area contributed by atoms with Crippen LogP contribution in [0.25, 0.3) is 0 Å². The number of carbonyl (C=O) groups excluding carboxylic acids is 1. The Morgan fingerprint density at radius 1 is 1.47 bits per heavy atom. The molecule has 0 N–H and O–H groups in total. The summed E-state index contributed by atoms with van der Waals surface area (Å²) in [6.07, 6.45) is 6.66. The molecule has 0 unspecified atom stereocenters. The molecule has 0 spiro atoms. The first-order chi connectivity index (χ1) is 8.99. The number of ether oxygens (including phenoxy) is 1. The summed E-state index contributed by atoms with van der Waals surface area (Å²) in [7, 11) is 0. The number of nitriles is 1. The highest BCUT2D eigenvalue weighted by Crippen LogP contribution is 2.59. The lowest BCUT2D eigenvalue weighted by atomic mass is 9.79. The fourth-order valence-electron chi connectivity index (χ4n) is 2.25. The predicted octanol–water partition coefficient (Wildman–Crippen LogP) is 2.52. The molecular weight excluding hydrogens is 245 g/mol. The van der Waals surface area contributed by atoms with E-state index in [1.54, 1.807) is 0 Å². The second kappa shape index (κ2) is 4.40. The zero-order chi connectivity index (χ0) is 14.1. The molecule has 1 aliphatic rings. The normalized spacial score (nSPS) is 18.5. The molecule has 0 aromatic heterocycles. The van der Waals surface area contributed by atoms with Crippen molar-refractivity contribution in [3.63, 3.8) is 0 Å². The van der Waals surface area contributed by atoms with Crippen molar-refractivity contribution in [1.29, 1.82) is 5.26 Å². The maximum atomic E-state index is 13.0. The predicted molar refractivity (Wildman–Crippen MR) is 66.0 cm³/mol. The molecule has 1 aromatic rings. The molecule has 0 saturated heterocycles. The maximum Gasteiger partial charge on any atom is 0.304 e. The van der Waals surface area contributed by atoms with Gasteiger partial charge < -0.3 is 4.74 Å². The lowest BCUT2D eigenvalue weighted by molar-refractivity contribution is -0.156. The first kappa shape index (κ1) is 13.1. The number of esters is 1. The van der Waals surface area contributed by atoms with Gasteiger partial charge in [0.05, 0.1) is 6.07 Å². The molecule has 1 atom stereocenters. The molecule has 0 radical (unpaired) electrons. The number of terminal acetylenes is 1. The molecule has 0 bridgehead atoms. The van der Waals surface area contributed by atoms with E-state index >= 15 is 0 Å². The summed E-state index contributed by atoms with van der Waals surface area (Å²) >= 11 is 0. The number of carbonyl (C=O) groups is 1. The van der Waals surface area contributed by atoms with Crippen LogP contribution in [0.4, 0.5) is 4.39 Å². The van der Waals surface area contributed by atoms with Crippen LogP contribution in [0, 0.1) is 34.9 Å². The van der Waals surface area contributed by atoms with Gasteiger partial charge in [0.1, 0.15) is 11.2 Å². The molecule has 1 fully saturated rings. The SMILES string of the molecule is C#C[C@@](OC(C)=O)(c1ccc(F)cc1)C1(C#N)CC1. The van der Waals surface area contributed by atoms with Gasteiger partial charge in [-0.15, -0.1) is 6.42 Å². The van der Waals surface area contributed by atoms with E-state index in [4.69, 9.17) is 11.2 Å². The molecule has 1 aliphatic carbocycles. The highest BCUT2D eigenvalue weighted by Gasteiger charge is 2.63. The van der Waals surface area contributed by atoms with Crippen LogP contribution in [0.15, 0.2) is 24.3 Å². The third-order valence-corrected chi connectivity index (χ3v) is 3.39. The Balaban J connectivity index is 2.57. The molecule has 0 amide bonds. The van der Waals surface area contributed by atoms with Gasteiger partial charge in [-0.05, 0) is 25.0 Å². The van der Waals surface area contributed by atoms with Crippen molar-refractivity contribution in [2.75, 3.05) is 0 Å². The van der Waals surface area contributed by atoms with Gasteiger partial charge in [-0.1, -0.05) is 18.1 Å². The van der Waals surface area contributed by atoms with Crippen molar-refractivity contribution in [2.45, 2.75) is 25.4 Å². The van der Waals surface area contributed by atoms with Crippen LogP contribution in [0.1, 0.15) is 25.3 Å². The lowest BCUT2D eigenvalue weighted by Crippen LogP contribution is -2.39. The lowest BCUT2D eigenvalue weighted by Gasteiger charge is -2.32. The van der Waals surface area contributed by atoms with Gasteiger partial charge in [0, 0.05) is 12.5 Å². The van der Waals surface area contributed by atoms with Crippen LogP contribution in [-0.4, -0.2) is 5.97 Å². The van der Waals surface area contributed by atoms with E-state index in [1.807, 2.05) is 0 Å². The molecule has 2 rings (SSSR count). The van der Waals surface area contributed by atoms with Gasteiger partial charge in [0.2, 0.25) is 5.60 Å². The third-order valence-electron chi connectivity index (χ3n) is 3.39. The molecule has 96 valence electrons. The third kappa shape index (κ3) is 1.96. The van der Waals surface area contributed by atoms with Crippen molar-refractivity contribution in [2.24, 2.45) is 5.41 Å². The van der Waals surface area contributed by atoms with Crippen molar-refractivity contribution in [3.8, 4) is 18.4 Å². The zero-order valence-electron chi connectivity index (χ0n) is 10.4. The summed E-state index contributed by atoms with van der Waals surface area (Å²) < 4.78 is 18.3. The summed E-state index contributed by atoms with van der Waals surface area (Å²) in [5.41, 5.74) is -1.90. The quantitative estimate of drug-likeness (QED) is 0.617. The molecule has 19 heavy (non-hydrogen) atoms. The van der Waals surface area contributed by atoms with E-state index in [9.17, 15) is 14.4 Å². The van der Waals surface area contributed by atoms with E-state index in [0.29, 0.717) is 18.4 Å². The van der Waals surface area contributed by atoms with Crippen LogP contribution in [0.5, 0.6) is 0 Å². The maximum absolute atomic E-state index is 13.0. The summed E-state index contributed by atoms with van der Waals surface area (Å²) in [6, 6.07) is 7.53. The summed E-state index contributed by atoms with van der Waals surface area (Å²) in [5, 5.41) is 9.34. The Hall–Kier alpha value is -2.33. The minimum Gasteiger partial charge on any atom is -0.440 e. The Kier molecular flexibility index (Phi) is 3.04. The first-order valence-electron chi connectivity index (χ1n) is 5.84. The standard InChI is InChI=1S/C15H12FNO2/c1-3-15(19-11(2)18,14(10-17)8-9-14)12-4-6-13(16)7-5-12/h1,4-7H,8-9H2,2H3/t15-/m1/s1. The van der Waals surface area contributed by atoms with Gasteiger partial charge in [-0.2, -0.15) is 5.26 Å². The number of benzene rings is 1. The molecule has 4 heteroatoms. The number of rotatable bonds is 3. The van der Waals surface area contributed by atoms with E-state index < -0.39 is 22.8 Å². The van der Waals surface area contributed by atoms with E-state index in [2.05, 4.69) is 12.0 Å². The highest BCUT2D eigenvalue weighted by atomic mass is 19.1. The molecule has 1 aromatic carbocycles. The van der Waals surface area contributed by atoms with Crippen molar-refractivity contribution in [1.82, 2.24) is 0 Å². The number of hydrogen-bond donors (Lipinski definition) is 0. The Morgan fingerprint density at radius 3 is 2.42 bits per heavy atom. The number of halogens is 1. The minimum atomic E-state index is -1.44. The largest absolute Gasteiger partial charge is 0.440 e. The monoisotopic (exact) mass is 257 g/mol. The van der Waals surface area contributed by atoms with Gasteiger partial charge in [-0.25, -0.2) is 4.39 Å². The van der Waals surface area contributed by atoms with Crippen LogP contribution < -0.4 is 0 Å². The topological polar surface area (TPSA) is 50.1 Å². The van der Waals surface area contributed by atoms with E-state index in [0.717, 1.165) is 0 Å². The second-order valence-corrected chi connectivity index (χ2v) is 4.62. The molecule has 3 nitrogen and oxygen atoms in total. The fourth-order valence-corrected chi connectivity index (χ4v) is 2.25. The average molecular weight is 257 g/mol. The smallest absolute Gasteiger partial charge is 0.304 e. The van der Waals surface area contributed by atoms with Gasteiger partial charge in [0.15, 0.2) is 0 Å². The van der Waals surface area contributed by atoms with Gasteiger partial charge in [-0.3, -0.25) is 4.79 Å². The summed E-state index contributed by atoms with van der Waals surface area (Å²) in [6.45, 7) is 1.24. The van der Waals surface area contributed by atoms with Gasteiger partial charge >= 0.3 is 5.97 Å². The molecular formula is C15H12FNO2. The van der Waals surface area contributed by atoms with Gasteiger partial charge in [0.25, 0.3) is 0 Å². The second-order valence-electron chi connectivity index (χ2n) is 4.62. The average Bonchev–Trinajstić information content (AvgIpc) is 3.18. The number of hydrogen-bond acceptors (Lipinski definition) is 3. The Morgan fingerprint density at radius 2 is 2.05 bits per heavy atom.